The Morgan fingerprint density at radius 2 is 1.76 bits per heavy atom. The molecule has 1 aromatic carbocycles. The number of aromatic nitrogens is 1. The molecule has 0 spiro atoms. The third-order valence-electron chi connectivity index (χ3n) is 3.90. The van der Waals surface area contributed by atoms with E-state index in [1.165, 1.54) is 0 Å². The fourth-order valence-electron chi connectivity index (χ4n) is 2.41. The van der Waals surface area contributed by atoms with Gasteiger partial charge in [0.1, 0.15) is 5.15 Å². The number of benzene rings is 1. The van der Waals surface area contributed by atoms with Crippen LogP contribution in [-0.4, -0.2) is 21.8 Å². The summed E-state index contributed by atoms with van der Waals surface area (Å²) in [6.07, 6.45) is 0. The molecule has 0 bridgehead atoms. The van der Waals surface area contributed by atoms with Crippen LogP contribution >= 0.6 is 11.6 Å². The van der Waals surface area contributed by atoms with E-state index in [-0.39, 0.29) is 23.7 Å². The van der Waals surface area contributed by atoms with Crippen LogP contribution in [0.2, 0.25) is 5.15 Å². The molecule has 5 nitrogen and oxygen atoms in total. The van der Waals surface area contributed by atoms with Gasteiger partial charge in [-0.05, 0) is 11.5 Å². The molecule has 2 aromatic rings. The summed E-state index contributed by atoms with van der Waals surface area (Å²) in [5, 5.41) is 3.03. The van der Waals surface area contributed by atoms with Gasteiger partial charge >= 0.3 is 0 Å². The molecule has 3 rings (SSSR count). The fraction of sp³-hybridized carbons (Fsp3) is 0.267. The van der Waals surface area contributed by atoms with Crippen molar-refractivity contribution >= 4 is 40.0 Å². The number of carbonyl (C=O) groups is 2. The molecule has 1 aliphatic rings. The molecule has 1 aliphatic heterocycles. The Morgan fingerprint density at radius 3 is 2.43 bits per heavy atom. The average molecular weight is 304 g/mol. The van der Waals surface area contributed by atoms with E-state index in [2.05, 4.69) is 10.4 Å². The van der Waals surface area contributed by atoms with Crippen LogP contribution in [0.1, 0.15) is 13.8 Å². The monoisotopic (exact) mass is 303 g/mol. The summed E-state index contributed by atoms with van der Waals surface area (Å²) in [6.45, 7) is 3.49. The molecule has 2 atom stereocenters. The zero-order valence-corrected chi connectivity index (χ0v) is 12.4. The number of imide groups is 1. The summed E-state index contributed by atoms with van der Waals surface area (Å²) in [7, 11) is 0. The highest BCUT2D eigenvalue weighted by Crippen LogP contribution is 2.29. The number of amides is 2. The van der Waals surface area contributed by atoms with Gasteiger partial charge in [-0.2, -0.15) is 5.01 Å². The first kappa shape index (κ1) is 13.8. The van der Waals surface area contributed by atoms with Gasteiger partial charge in [0.2, 0.25) is 0 Å². The number of pyridine rings is 1. The van der Waals surface area contributed by atoms with Gasteiger partial charge in [-0.15, -0.1) is 0 Å². The Morgan fingerprint density at radius 1 is 1.14 bits per heavy atom. The van der Waals surface area contributed by atoms with Gasteiger partial charge < -0.3 is 0 Å². The highest BCUT2D eigenvalue weighted by atomic mass is 35.5. The molecule has 2 amide bonds. The minimum Gasteiger partial charge on any atom is -0.272 e. The molecule has 1 aromatic heterocycles. The van der Waals surface area contributed by atoms with E-state index in [9.17, 15) is 9.59 Å². The first-order valence-corrected chi connectivity index (χ1v) is 7.06. The lowest BCUT2D eigenvalue weighted by molar-refractivity contribution is -0.138. The Bertz CT molecular complexity index is 727. The van der Waals surface area contributed by atoms with Gasteiger partial charge in [-0.1, -0.05) is 49.7 Å². The summed E-state index contributed by atoms with van der Waals surface area (Å²) in [6, 6.07) is 9.24. The quantitative estimate of drug-likeness (QED) is 0.684. The molecule has 108 valence electrons. The third kappa shape index (κ3) is 2.23. The number of halogens is 1. The first-order chi connectivity index (χ1) is 9.99. The normalized spacial score (nSPS) is 22.1. The van der Waals surface area contributed by atoms with E-state index in [4.69, 9.17) is 11.6 Å². The van der Waals surface area contributed by atoms with Crippen molar-refractivity contribution in [2.24, 2.45) is 11.8 Å². The number of hydrogen-bond donors (Lipinski definition) is 1. The van der Waals surface area contributed by atoms with Crippen LogP contribution in [0.5, 0.6) is 0 Å². The molecule has 1 N–H and O–H groups in total. The predicted molar refractivity (Wildman–Crippen MR) is 80.6 cm³/mol. The lowest BCUT2D eigenvalue weighted by atomic mass is 10.00. The van der Waals surface area contributed by atoms with Crippen LogP contribution in [0.15, 0.2) is 30.3 Å². The highest BCUT2D eigenvalue weighted by molar-refractivity contribution is 6.30. The molecule has 6 heteroatoms. The molecule has 0 radical (unpaired) electrons. The van der Waals surface area contributed by atoms with Gasteiger partial charge in [0.15, 0.2) is 5.82 Å². The van der Waals surface area contributed by atoms with Crippen molar-refractivity contribution in [3.63, 3.8) is 0 Å². The maximum absolute atomic E-state index is 12.1. The van der Waals surface area contributed by atoms with E-state index in [1.54, 1.807) is 19.9 Å². The number of nitrogens with one attached hydrogen (secondary N) is 1. The van der Waals surface area contributed by atoms with Crippen LogP contribution in [0.4, 0.5) is 5.82 Å². The summed E-state index contributed by atoms with van der Waals surface area (Å²) < 4.78 is 0. The Kier molecular flexibility index (Phi) is 3.29. The summed E-state index contributed by atoms with van der Waals surface area (Å²) in [5.74, 6) is -0.774. The van der Waals surface area contributed by atoms with Crippen LogP contribution in [0.3, 0.4) is 0 Å². The lowest BCUT2D eigenvalue weighted by Gasteiger charge is -2.17. The zero-order valence-electron chi connectivity index (χ0n) is 11.6. The number of carbonyl (C=O) groups excluding carboxylic acids is 2. The zero-order chi connectivity index (χ0) is 15.1. The summed E-state index contributed by atoms with van der Waals surface area (Å²) in [4.78, 5) is 28.5. The molecule has 2 unspecified atom stereocenters. The largest absolute Gasteiger partial charge is 0.272 e. The topological polar surface area (TPSA) is 62.3 Å². The molecule has 21 heavy (non-hydrogen) atoms. The van der Waals surface area contributed by atoms with E-state index >= 15 is 0 Å². The first-order valence-electron chi connectivity index (χ1n) is 6.69. The van der Waals surface area contributed by atoms with Crippen molar-refractivity contribution in [2.45, 2.75) is 13.8 Å². The smallest absolute Gasteiger partial charge is 0.251 e. The van der Waals surface area contributed by atoms with Crippen molar-refractivity contribution < 1.29 is 9.59 Å². The number of hydrogen-bond acceptors (Lipinski definition) is 4. The Labute approximate surface area is 126 Å². The number of anilines is 1. The number of nitrogens with zero attached hydrogens (tertiary/aromatic N) is 2. The van der Waals surface area contributed by atoms with Crippen molar-refractivity contribution in [3.05, 3.63) is 35.5 Å². The van der Waals surface area contributed by atoms with Gasteiger partial charge in [-0.3, -0.25) is 15.0 Å². The van der Waals surface area contributed by atoms with Crippen molar-refractivity contribution in [2.75, 3.05) is 5.43 Å². The summed E-state index contributed by atoms with van der Waals surface area (Å²) >= 11 is 6.00. The van der Waals surface area contributed by atoms with Gasteiger partial charge in [-0.25, -0.2) is 4.98 Å². The van der Waals surface area contributed by atoms with E-state index < -0.39 is 0 Å². The molecule has 1 saturated heterocycles. The maximum atomic E-state index is 12.1. The standard InChI is InChI=1S/C15H14ClN3O2/c1-8-9(2)15(21)19(14(8)20)18-13-11-6-4-3-5-10(11)7-12(16)17-13/h3-9H,1-2H3,(H,17,18). The molecule has 1 fully saturated rings. The fourth-order valence-corrected chi connectivity index (χ4v) is 2.61. The van der Waals surface area contributed by atoms with Gasteiger partial charge in [0.05, 0.1) is 0 Å². The van der Waals surface area contributed by atoms with E-state index in [1.807, 2.05) is 24.3 Å². The minimum absolute atomic E-state index is 0.252. The lowest BCUT2D eigenvalue weighted by Crippen LogP contribution is -2.36. The van der Waals surface area contributed by atoms with Gasteiger partial charge in [0, 0.05) is 17.2 Å². The predicted octanol–water partition coefficient (Wildman–Crippen LogP) is 2.86. The minimum atomic E-state index is -0.338. The second kappa shape index (κ2) is 5.00. The van der Waals surface area contributed by atoms with Crippen LogP contribution in [0.25, 0.3) is 10.8 Å². The Hall–Kier alpha value is -2.14. The van der Waals surface area contributed by atoms with E-state index in [0.29, 0.717) is 11.0 Å². The Balaban J connectivity index is 2.03. The second-order valence-electron chi connectivity index (χ2n) is 5.22. The van der Waals surface area contributed by atoms with Crippen molar-refractivity contribution in [1.29, 1.82) is 0 Å². The molecule has 0 saturated carbocycles. The molecular weight excluding hydrogens is 290 g/mol. The average Bonchev–Trinajstić information content (AvgIpc) is 2.65. The third-order valence-corrected chi connectivity index (χ3v) is 4.09. The molecular formula is C15H14ClN3O2. The molecule has 2 heterocycles. The SMILES string of the molecule is CC1C(=O)N(Nc2nc(Cl)cc3ccccc23)C(=O)C1C. The number of rotatable bonds is 2. The van der Waals surface area contributed by atoms with Crippen molar-refractivity contribution in [1.82, 2.24) is 9.99 Å². The summed E-state index contributed by atoms with van der Waals surface area (Å²) in [5.41, 5.74) is 2.82. The van der Waals surface area contributed by atoms with Crippen LogP contribution in [0, 0.1) is 11.8 Å². The van der Waals surface area contributed by atoms with Gasteiger partial charge in [0.25, 0.3) is 11.8 Å². The van der Waals surface area contributed by atoms with Crippen LogP contribution < -0.4 is 5.43 Å². The van der Waals surface area contributed by atoms with Crippen molar-refractivity contribution in [3.8, 4) is 0 Å². The maximum Gasteiger partial charge on any atom is 0.251 e. The number of hydrazine groups is 1. The number of fused-ring (bicyclic) bond motifs is 1. The second-order valence-corrected chi connectivity index (χ2v) is 5.60. The molecule has 0 aliphatic carbocycles. The van der Waals surface area contributed by atoms with E-state index in [0.717, 1.165) is 15.8 Å². The van der Waals surface area contributed by atoms with Crippen LogP contribution in [-0.2, 0) is 9.59 Å². The highest BCUT2D eigenvalue weighted by Gasteiger charge is 2.43.